The SMILES string of the molecule is c1ccc(CN2CCC(COCc3cccs3)(Nc3ccccc3)CC2)cc1. The van der Waals surface area contributed by atoms with Gasteiger partial charge in [0.05, 0.1) is 18.8 Å². The Morgan fingerprint density at radius 1 is 0.893 bits per heavy atom. The molecule has 0 aliphatic carbocycles. The Bertz CT molecular complexity index is 812. The highest BCUT2D eigenvalue weighted by atomic mass is 32.1. The standard InChI is InChI=1S/C24H28N2OS/c1-3-8-21(9-4-1)18-26-15-13-24(14-16-26,25-22-10-5-2-6-11-22)20-27-19-23-12-7-17-28-23/h1-12,17,25H,13-16,18-20H2. The highest BCUT2D eigenvalue weighted by molar-refractivity contribution is 7.09. The van der Waals surface area contributed by atoms with Gasteiger partial charge in [-0.3, -0.25) is 4.90 Å². The Morgan fingerprint density at radius 2 is 1.61 bits per heavy atom. The topological polar surface area (TPSA) is 24.5 Å². The van der Waals surface area contributed by atoms with Crippen molar-refractivity contribution in [2.75, 3.05) is 25.0 Å². The lowest BCUT2D eigenvalue weighted by atomic mass is 9.87. The molecule has 0 amide bonds. The molecule has 2 heterocycles. The number of piperidine rings is 1. The van der Waals surface area contributed by atoms with Crippen LogP contribution >= 0.6 is 11.3 Å². The zero-order valence-corrected chi connectivity index (χ0v) is 17.0. The maximum Gasteiger partial charge on any atom is 0.0810 e. The quantitative estimate of drug-likeness (QED) is 0.555. The Kier molecular flexibility index (Phi) is 6.42. The molecule has 1 N–H and O–H groups in total. The predicted molar refractivity (Wildman–Crippen MR) is 118 cm³/mol. The van der Waals surface area contributed by atoms with Crippen LogP contribution in [0.2, 0.25) is 0 Å². The van der Waals surface area contributed by atoms with Crippen LogP contribution in [0.5, 0.6) is 0 Å². The van der Waals surface area contributed by atoms with E-state index in [1.54, 1.807) is 11.3 Å². The molecule has 0 saturated carbocycles. The molecule has 0 unspecified atom stereocenters. The van der Waals surface area contributed by atoms with Gasteiger partial charge in [0.1, 0.15) is 0 Å². The number of para-hydroxylation sites is 1. The Labute approximate surface area is 172 Å². The maximum atomic E-state index is 6.18. The lowest BCUT2D eigenvalue weighted by Crippen LogP contribution is -2.52. The fourth-order valence-electron chi connectivity index (χ4n) is 3.86. The summed E-state index contributed by atoms with van der Waals surface area (Å²) in [4.78, 5) is 3.84. The first kappa shape index (κ1) is 19.2. The monoisotopic (exact) mass is 392 g/mol. The Hall–Kier alpha value is -2.14. The van der Waals surface area contributed by atoms with E-state index in [0.717, 1.165) is 39.1 Å². The summed E-state index contributed by atoms with van der Waals surface area (Å²) in [5, 5.41) is 5.92. The third-order valence-electron chi connectivity index (χ3n) is 5.45. The van der Waals surface area contributed by atoms with Gasteiger partial charge in [0.15, 0.2) is 0 Å². The molecule has 0 atom stereocenters. The first-order valence-corrected chi connectivity index (χ1v) is 10.9. The average molecular weight is 393 g/mol. The van der Waals surface area contributed by atoms with Crippen LogP contribution in [0.15, 0.2) is 78.2 Å². The van der Waals surface area contributed by atoms with Gasteiger partial charge in [-0.2, -0.15) is 0 Å². The lowest BCUT2D eigenvalue weighted by Gasteiger charge is -2.43. The predicted octanol–water partition coefficient (Wildman–Crippen LogP) is 5.41. The van der Waals surface area contributed by atoms with E-state index in [1.165, 1.54) is 16.1 Å². The molecular weight excluding hydrogens is 364 g/mol. The molecule has 3 nitrogen and oxygen atoms in total. The smallest absolute Gasteiger partial charge is 0.0810 e. The molecule has 4 rings (SSSR count). The highest BCUT2D eigenvalue weighted by Gasteiger charge is 2.35. The second kappa shape index (κ2) is 9.37. The molecule has 4 heteroatoms. The van der Waals surface area contributed by atoms with Crippen LogP contribution in [-0.4, -0.2) is 30.1 Å². The molecule has 1 aliphatic heterocycles. The van der Waals surface area contributed by atoms with Crippen molar-refractivity contribution in [1.29, 1.82) is 0 Å². The second-order valence-corrected chi connectivity index (χ2v) is 8.64. The summed E-state index contributed by atoms with van der Waals surface area (Å²) >= 11 is 1.76. The fourth-order valence-corrected chi connectivity index (χ4v) is 4.50. The summed E-state index contributed by atoms with van der Waals surface area (Å²) < 4.78 is 6.18. The van der Waals surface area contributed by atoms with Crippen molar-refractivity contribution in [2.24, 2.45) is 0 Å². The van der Waals surface area contributed by atoms with Crippen molar-refractivity contribution >= 4 is 17.0 Å². The van der Waals surface area contributed by atoms with E-state index in [4.69, 9.17) is 4.74 Å². The van der Waals surface area contributed by atoms with E-state index in [1.807, 2.05) is 0 Å². The lowest BCUT2D eigenvalue weighted by molar-refractivity contribution is 0.0491. The van der Waals surface area contributed by atoms with Crippen LogP contribution in [0.1, 0.15) is 23.3 Å². The zero-order chi connectivity index (χ0) is 19.1. The highest BCUT2D eigenvalue weighted by Crippen LogP contribution is 2.29. The number of anilines is 1. The number of hydrogen-bond donors (Lipinski definition) is 1. The number of thiophene rings is 1. The van der Waals surface area contributed by atoms with Crippen molar-refractivity contribution in [3.8, 4) is 0 Å². The first-order valence-electron chi connectivity index (χ1n) is 10.0. The molecule has 1 aliphatic rings. The molecule has 1 fully saturated rings. The van der Waals surface area contributed by atoms with Crippen molar-refractivity contribution < 1.29 is 4.74 Å². The molecule has 1 saturated heterocycles. The Balaban J connectivity index is 1.38. The van der Waals surface area contributed by atoms with Gasteiger partial charge in [-0.05, 0) is 42.0 Å². The fraction of sp³-hybridized carbons (Fsp3) is 0.333. The summed E-state index contributed by atoms with van der Waals surface area (Å²) in [5.41, 5.74) is 2.56. The minimum Gasteiger partial charge on any atom is -0.377 e. The third kappa shape index (κ3) is 5.22. The van der Waals surface area contributed by atoms with E-state index in [9.17, 15) is 0 Å². The summed E-state index contributed by atoms with van der Waals surface area (Å²) in [6.07, 6.45) is 2.17. The summed E-state index contributed by atoms with van der Waals surface area (Å²) in [7, 11) is 0. The van der Waals surface area contributed by atoms with Gasteiger partial charge in [0.2, 0.25) is 0 Å². The van der Waals surface area contributed by atoms with Crippen LogP contribution in [0.3, 0.4) is 0 Å². The number of nitrogens with zero attached hydrogens (tertiary/aromatic N) is 1. The summed E-state index contributed by atoms with van der Waals surface area (Å²) in [6, 6.07) is 25.5. The van der Waals surface area contributed by atoms with E-state index in [2.05, 4.69) is 88.4 Å². The van der Waals surface area contributed by atoms with Crippen LogP contribution in [-0.2, 0) is 17.9 Å². The molecule has 2 aromatic carbocycles. The van der Waals surface area contributed by atoms with Crippen molar-refractivity contribution in [3.05, 3.63) is 88.6 Å². The molecule has 28 heavy (non-hydrogen) atoms. The molecule has 0 radical (unpaired) electrons. The van der Waals surface area contributed by atoms with Crippen LogP contribution < -0.4 is 5.32 Å². The number of benzene rings is 2. The molecule has 0 bridgehead atoms. The van der Waals surface area contributed by atoms with Crippen LogP contribution in [0.4, 0.5) is 5.69 Å². The number of rotatable bonds is 8. The van der Waals surface area contributed by atoms with E-state index in [-0.39, 0.29) is 5.54 Å². The van der Waals surface area contributed by atoms with E-state index in [0.29, 0.717) is 6.61 Å². The second-order valence-electron chi connectivity index (χ2n) is 7.61. The largest absolute Gasteiger partial charge is 0.377 e. The van der Waals surface area contributed by atoms with Gasteiger partial charge < -0.3 is 10.1 Å². The van der Waals surface area contributed by atoms with Crippen molar-refractivity contribution in [1.82, 2.24) is 4.90 Å². The molecule has 0 spiro atoms. The minimum atomic E-state index is -0.00813. The summed E-state index contributed by atoms with van der Waals surface area (Å²) in [6.45, 7) is 4.62. The van der Waals surface area contributed by atoms with Gasteiger partial charge in [-0.25, -0.2) is 0 Å². The first-order chi connectivity index (χ1) is 13.8. The van der Waals surface area contributed by atoms with E-state index >= 15 is 0 Å². The van der Waals surface area contributed by atoms with Crippen LogP contribution in [0.25, 0.3) is 0 Å². The molecule has 146 valence electrons. The van der Waals surface area contributed by atoms with Crippen molar-refractivity contribution in [3.63, 3.8) is 0 Å². The molecular formula is C24H28N2OS. The van der Waals surface area contributed by atoms with Gasteiger partial charge in [0.25, 0.3) is 0 Å². The van der Waals surface area contributed by atoms with Crippen molar-refractivity contribution in [2.45, 2.75) is 31.5 Å². The number of hydrogen-bond acceptors (Lipinski definition) is 4. The Morgan fingerprint density at radius 3 is 2.29 bits per heavy atom. The minimum absolute atomic E-state index is 0.00813. The normalized spacial score (nSPS) is 16.7. The summed E-state index contributed by atoms with van der Waals surface area (Å²) in [5.74, 6) is 0. The van der Waals surface area contributed by atoms with Gasteiger partial charge in [0, 0.05) is 30.2 Å². The number of ether oxygens (including phenoxy) is 1. The van der Waals surface area contributed by atoms with Gasteiger partial charge in [-0.15, -0.1) is 11.3 Å². The number of likely N-dealkylation sites (tertiary alicyclic amines) is 1. The van der Waals surface area contributed by atoms with E-state index < -0.39 is 0 Å². The molecule has 3 aromatic rings. The zero-order valence-electron chi connectivity index (χ0n) is 16.2. The van der Waals surface area contributed by atoms with Gasteiger partial charge >= 0.3 is 0 Å². The average Bonchev–Trinajstić information content (AvgIpc) is 3.25. The van der Waals surface area contributed by atoms with Crippen LogP contribution in [0, 0.1) is 0 Å². The van der Waals surface area contributed by atoms with Gasteiger partial charge in [-0.1, -0.05) is 54.6 Å². The third-order valence-corrected chi connectivity index (χ3v) is 6.30. The number of nitrogens with one attached hydrogen (secondary N) is 1. The maximum absolute atomic E-state index is 6.18. The molecule has 1 aromatic heterocycles.